The van der Waals surface area contributed by atoms with Crippen LogP contribution in [0.1, 0.15) is 91.4 Å². The van der Waals surface area contributed by atoms with Gasteiger partial charge in [-0.1, -0.05) is 40.0 Å². The molecular formula is C28H45F3N6O6. The van der Waals surface area contributed by atoms with Crippen molar-refractivity contribution in [1.82, 2.24) is 25.9 Å². The maximum atomic E-state index is 13.9. The molecule has 5 amide bonds. The number of hydroxylamine groups is 2. The van der Waals surface area contributed by atoms with Crippen molar-refractivity contribution >= 4 is 29.5 Å². The first kappa shape index (κ1) is 34.5. The number of carbonyl (C=O) groups excluding carboxylic acids is 5. The summed E-state index contributed by atoms with van der Waals surface area (Å²) in [5, 5.41) is 19.9. The molecule has 244 valence electrons. The van der Waals surface area contributed by atoms with Crippen LogP contribution in [0.5, 0.6) is 0 Å². The third-order valence-electron chi connectivity index (χ3n) is 8.79. The monoisotopic (exact) mass is 618 g/mol. The van der Waals surface area contributed by atoms with E-state index in [-0.39, 0.29) is 19.0 Å². The van der Waals surface area contributed by atoms with E-state index in [0.717, 1.165) is 32.1 Å². The second kappa shape index (κ2) is 13.8. The van der Waals surface area contributed by atoms with Crippen molar-refractivity contribution in [1.29, 1.82) is 0 Å². The summed E-state index contributed by atoms with van der Waals surface area (Å²) >= 11 is 0. The van der Waals surface area contributed by atoms with Gasteiger partial charge in [-0.2, -0.15) is 18.2 Å². The van der Waals surface area contributed by atoms with Crippen LogP contribution >= 0.6 is 0 Å². The molecule has 0 aromatic rings. The number of Topliss-reactive ketones (excluding diaryl/α,β-unsaturated/α-hetero) is 1. The minimum Gasteiger partial charge on any atom is -0.363 e. The molecule has 0 aromatic heterocycles. The van der Waals surface area contributed by atoms with E-state index in [1.54, 1.807) is 20.8 Å². The van der Waals surface area contributed by atoms with Gasteiger partial charge in [0.15, 0.2) is 0 Å². The molecule has 0 radical (unpaired) electrons. The van der Waals surface area contributed by atoms with E-state index < -0.39 is 77.6 Å². The number of hydrogen-bond acceptors (Lipinski definition) is 7. The van der Waals surface area contributed by atoms with Gasteiger partial charge in [-0.3, -0.25) is 19.2 Å². The van der Waals surface area contributed by atoms with Crippen LogP contribution < -0.4 is 21.7 Å². The predicted octanol–water partition coefficient (Wildman–Crippen LogP) is 2.13. The molecule has 0 spiro atoms. The molecule has 15 heteroatoms. The van der Waals surface area contributed by atoms with Gasteiger partial charge in [-0.15, -0.1) is 0 Å². The van der Waals surface area contributed by atoms with Crippen LogP contribution in [0.15, 0.2) is 0 Å². The third-order valence-corrected chi connectivity index (χ3v) is 8.79. The Kier molecular flexibility index (Phi) is 11.1. The summed E-state index contributed by atoms with van der Waals surface area (Å²) in [5.41, 5.74) is 3.53. The zero-order valence-electron chi connectivity index (χ0n) is 25.1. The van der Waals surface area contributed by atoms with Crippen molar-refractivity contribution in [2.75, 3.05) is 13.1 Å². The fourth-order valence-electron chi connectivity index (χ4n) is 6.56. The average Bonchev–Trinajstić information content (AvgIpc) is 3.58. The molecule has 3 fully saturated rings. The van der Waals surface area contributed by atoms with Crippen molar-refractivity contribution < 1.29 is 42.4 Å². The normalized spacial score (nSPS) is 24.2. The Morgan fingerprint density at radius 2 is 1.58 bits per heavy atom. The van der Waals surface area contributed by atoms with Crippen LogP contribution in [-0.2, 0) is 19.2 Å². The first-order valence-corrected chi connectivity index (χ1v) is 15.0. The smallest absolute Gasteiger partial charge is 0.363 e. The van der Waals surface area contributed by atoms with Crippen LogP contribution in [0.4, 0.5) is 18.0 Å². The largest absolute Gasteiger partial charge is 0.389 e. The Hall–Kier alpha value is -2.94. The fraction of sp³-hybridized carbons (Fsp3) is 0.821. The van der Waals surface area contributed by atoms with Crippen LogP contribution in [0.2, 0.25) is 0 Å². The van der Waals surface area contributed by atoms with Crippen molar-refractivity contribution in [2.45, 2.75) is 127 Å². The maximum Gasteiger partial charge on any atom is 0.389 e. The molecule has 2 aliphatic heterocycles. The summed E-state index contributed by atoms with van der Waals surface area (Å²) in [6, 6.07) is -4.82. The van der Waals surface area contributed by atoms with E-state index >= 15 is 0 Å². The number of rotatable bonds is 10. The van der Waals surface area contributed by atoms with Gasteiger partial charge in [0, 0.05) is 19.5 Å². The molecule has 0 aromatic carbocycles. The highest BCUT2D eigenvalue weighted by Crippen LogP contribution is 2.37. The van der Waals surface area contributed by atoms with Crippen LogP contribution in [0.3, 0.4) is 0 Å². The van der Waals surface area contributed by atoms with Crippen LogP contribution in [0, 0.1) is 5.41 Å². The SMILES string of the molecule is CC(C)(C)C(NC(=O)NC1(C2CCCN2O)CCCCC1)C(=O)N1CCC[C@H]1C(=O)NC(CCC(F)(F)F)C(=O)C(N)=O. The number of carbonyl (C=O) groups is 5. The number of urea groups is 1. The van der Waals surface area contributed by atoms with Gasteiger partial charge >= 0.3 is 12.2 Å². The number of nitrogens with zero attached hydrogens (tertiary/aromatic N) is 2. The number of nitrogens with one attached hydrogen (secondary N) is 3. The Balaban J connectivity index is 1.75. The van der Waals surface area contributed by atoms with Crippen LogP contribution in [0.25, 0.3) is 0 Å². The highest BCUT2D eigenvalue weighted by atomic mass is 19.4. The molecule has 4 atom stereocenters. The molecule has 6 N–H and O–H groups in total. The highest BCUT2D eigenvalue weighted by Gasteiger charge is 2.47. The standard InChI is InChI=1S/C28H45F3N6O6/c1-26(2,3)21(34-25(42)35-27(12-5-4-6-13-27)19-10-8-16-37(19)43)24(41)36-15-7-9-18(36)23(40)33-17(20(38)22(32)39)11-14-28(29,30)31/h17-19,21,43H,4-16H2,1-3H3,(H2,32,39)(H,33,40)(H2,34,35,42)/t17?,18-,19?,21?/m0/s1. The Labute approximate surface area is 249 Å². The van der Waals surface area contributed by atoms with Gasteiger partial charge in [0.25, 0.3) is 5.91 Å². The second-order valence-corrected chi connectivity index (χ2v) is 13.1. The van der Waals surface area contributed by atoms with Crippen molar-refractivity contribution in [3.63, 3.8) is 0 Å². The summed E-state index contributed by atoms with van der Waals surface area (Å²) in [6.07, 6.45) is -0.661. The lowest BCUT2D eigenvalue weighted by molar-refractivity contribution is -0.146. The second-order valence-electron chi connectivity index (χ2n) is 13.1. The van der Waals surface area contributed by atoms with Gasteiger partial charge in [0.2, 0.25) is 17.6 Å². The van der Waals surface area contributed by atoms with Crippen molar-refractivity contribution in [2.24, 2.45) is 11.1 Å². The summed E-state index contributed by atoms with van der Waals surface area (Å²) < 4.78 is 38.5. The highest BCUT2D eigenvalue weighted by molar-refractivity contribution is 6.37. The van der Waals surface area contributed by atoms with E-state index in [4.69, 9.17) is 5.73 Å². The zero-order valence-corrected chi connectivity index (χ0v) is 25.1. The Bertz CT molecular complexity index is 1060. The number of halogens is 3. The summed E-state index contributed by atoms with van der Waals surface area (Å²) in [6.45, 7) is 5.92. The average molecular weight is 619 g/mol. The molecule has 12 nitrogen and oxygen atoms in total. The van der Waals surface area contributed by atoms with Crippen molar-refractivity contribution in [3.05, 3.63) is 0 Å². The minimum atomic E-state index is -4.63. The number of amides is 5. The minimum absolute atomic E-state index is 0.148. The Morgan fingerprint density at radius 3 is 2.12 bits per heavy atom. The molecule has 43 heavy (non-hydrogen) atoms. The first-order chi connectivity index (χ1) is 19.9. The van der Waals surface area contributed by atoms with Gasteiger partial charge in [0.05, 0.1) is 17.6 Å². The van der Waals surface area contributed by atoms with Crippen molar-refractivity contribution in [3.8, 4) is 0 Å². The predicted molar refractivity (Wildman–Crippen MR) is 148 cm³/mol. The molecular weight excluding hydrogens is 573 g/mol. The molecule has 2 heterocycles. The van der Waals surface area contributed by atoms with Gasteiger partial charge in [0.1, 0.15) is 12.1 Å². The third kappa shape index (κ3) is 8.80. The lowest BCUT2D eigenvalue weighted by atomic mass is 9.75. The van der Waals surface area contributed by atoms with Gasteiger partial charge in [-0.25, -0.2) is 4.79 Å². The molecule has 2 saturated heterocycles. The molecule has 1 aliphatic carbocycles. The first-order valence-electron chi connectivity index (χ1n) is 15.0. The molecule has 3 unspecified atom stereocenters. The lowest BCUT2D eigenvalue weighted by Gasteiger charge is -2.45. The molecule has 3 aliphatic rings. The molecule has 1 saturated carbocycles. The summed E-state index contributed by atoms with van der Waals surface area (Å²) in [5.74, 6) is -4.28. The maximum absolute atomic E-state index is 13.9. The van der Waals surface area contributed by atoms with Gasteiger partial charge < -0.3 is 31.8 Å². The topological polar surface area (TPSA) is 174 Å². The lowest BCUT2D eigenvalue weighted by Crippen LogP contribution is -2.65. The summed E-state index contributed by atoms with van der Waals surface area (Å²) in [7, 11) is 0. The summed E-state index contributed by atoms with van der Waals surface area (Å²) in [4.78, 5) is 65.4. The van der Waals surface area contributed by atoms with E-state index in [9.17, 15) is 42.4 Å². The van der Waals surface area contributed by atoms with Gasteiger partial charge in [-0.05, 0) is 50.4 Å². The number of primary amides is 1. The number of ketones is 1. The number of likely N-dealkylation sites (tertiary alicyclic amines) is 1. The van der Waals surface area contributed by atoms with E-state index in [1.807, 2.05) is 0 Å². The number of hydrogen-bond donors (Lipinski definition) is 5. The molecule has 0 bridgehead atoms. The number of alkyl halides is 3. The Morgan fingerprint density at radius 1 is 0.953 bits per heavy atom. The zero-order chi connectivity index (χ0) is 32.2. The molecule has 3 rings (SSSR count). The number of nitrogens with two attached hydrogens (primary N) is 1. The quantitative estimate of drug-likeness (QED) is 0.233. The van der Waals surface area contributed by atoms with E-state index in [2.05, 4.69) is 16.0 Å². The van der Waals surface area contributed by atoms with Crippen LogP contribution in [-0.4, -0.2) is 93.7 Å². The van der Waals surface area contributed by atoms with E-state index in [0.29, 0.717) is 25.8 Å². The van der Waals surface area contributed by atoms with E-state index in [1.165, 1.54) is 9.96 Å². The fourth-order valence-corrected chi connectivity index (χ4v) is 6.56.